The maximum Gasteiger partial charge on any atom is 0.329 e. The number of carbonyl (C=O) groups is 4. The third-order valence-electron chi connectivity index (χ3n) is 15.8. The van der Waals surface area contributed by atoms with Crippen LogP contribution in [0.5, 0.6) is 0 Å². The molecule has 1 unspecified atom stereocenters. The van der Waals surface area contributed by atoms with E-state index in [0.29, 0.717) is 76.8 Å². The van der Waals surface area contributed by atoms with E-state index < -0.39 is 83.9 Å². The number of Topliss-reactive ketones (excluding diaryl/α,β-unsaturated/α-hetero) is 2. The van der Waals surface area contributed by atoms with Crippen LogP contribution in [0, 0.1) is 35.5 Å². The molecule has 4 aliphatic rings. The maximum atomic E-state index is 14.6. The molecule has 4 rings (SSSR count). The maximum absolute atomic E-state index is 14.6. The number of rotatable bonds is 15. The Morgan fingerprint density at radius 3 is 2.24 bits per heavy atom. The van der Waals surface area contributed by atoms with Gasteiger partial charge in [-0.3, -0.25) is 14.4 Å². The first-order valence-electron chi connectivity index (χ1n) is 27.3. The fourth-order valence-corrected chi connectivity index (χ4v) is 11.0. The summed E-state index contributed by atoms with van der Waals surface area (Å²) in [6.45, 7) is 14.5. The lowest BCUT2D eigenvalue weighted by Gasteiger charge is -2.43. The second kappa shape index (κ2) is 31.9. The van der Waals surface area contributed by atoms with Gasteiger partial charge in [0.1, 0.15) is 24.4 Å². The average molecular weight is 1050 g/mol. The Bertz CT molecular complexity index is 1870. The molecular formula is C57H93NO16. The van der Waals surface area contributed by atoms with Gasteiger partial charge < -0.3 is 63.2 Å². The normalized spacial score (nSPS) is 37.9. The number of fused-ring (bicyclic) bond motifs is 3. The second-order valence-corrected chi connectivity index (χ2v) is 21.6. The van der Waals surface area contributed by atoms with Crippen molar-refractivity contribution < 1.29 is 77.5 Å². The molecule has 1 aliphatic carbocycles. The van der Waals surface area contributed by atoms with Gasteiger partial charge in [-0.1, -0.05) is 71.1 Å². The number of carbonyl (C=O) groups excluding carboxylic acids is 4. The zero-order valence-electron chi connectivity index (χ0n) is 46.2. The van der Waals surface area contributed by atoms with Gasteiger partial charge in [0.15, 0.2) is 5.78 Å². The van der Waals surface area contributed by atoms with Gasteiger partial charge in [-0.25, -0.2) is 4.79 Å². The lowest BCUT2D eigenvalue weighted by molar-refractivity contribution is -0.266. The highest BCUT2D eigenvalue weighted by molar-refractivity contribution is 6.39. The SMILES string of the molecule is COCCOCCO[C@@H]1C[C@@H]2CC[C@@H](C)[C@@](O)(O2)C(=O)C(=O)N2CCCC[C@H]2C(=O)O[C@H]([C@H](C)C[C@@H]2CC[C@@H](OCCO)[C@H](OC)C2)CC(O)[C@H](C)/C=C(\C)[C@@H](O)[C@@H](OC)C(=O)[C@H](C)C[C@H](C)/C=C/C=C/C=C/1C. The third-order valence-corrected chi connectivity index (χ3v) is 15.8. The van der Waals surface area contributed by atoms with Crippen molar-refractivity contribution in [1.29, 1.82) is 0 Å². The lowest BCUT2D eigenvalue weighted by Crippen LogP contribution is -2.61. The molecular weight excluding hydrogens is 955 g/mol. The highest BCUT2D eigenvalue weighted by atomic mass is 16.6. The summed E-state index contributed by atoms with van der Waals surface area (Å²) < 4.78 is 47.1. The summed E-state index contributed by atoms with van der Waals surface area (Å²) in [4.78, 5) is 58.6. The van der Waals surface area contributed by atoms with Crippen molar-refractivity contribution in [3.05, 3.63) is 47.6 Å². The van der Waals surface area contributed by atoms with Crippen molar-refractivity contribution in [2.45, 2.75) is 186 Å². The van der Waals surface area contributed by atoms with Gasteiger partial charge in [0, 0.05) is 58.5 Å². The molecule has 16 atom stereocenters. The van der Waals surface area contributed by atoms with Crippen LogP contribution < -0.4 is 0 Å². The number of esters is 1. The summed E-state index contributed by atoms with van der Waals surface area (Å²) in [5, 5.41) is 45.0. The van der Waals surface area contributed by atoms with Crippen LogP contribution in [0.15, 0.2) is 47.6 Å². The van der Waals surface area contributed by atoms with Crippen molar-refractivity contribution in [3.8, 4) is 0 Å². The number of nitrogens with zero attached hydrogens (tertiary/aromatic N) is 1. The molecule has 17 heteroatoms. The molecule has 17 nitrogen and oxygen atoms in total. The van der Waals surface area contributed by atoms with Crippen LogP contribution in [-0.4, -0.2) is 177 Å². The quantitative estimate of drug-likeness (QED) is 0.0637. The van der Waals surface area contributed by atoms with Crippen LogP contribution in [0.4, 0.5) is 0 Å². The molecule has 3 heterocycles. The van der Waals surface area contributed by atoms with Crippen LogP contribution in [0.2, 0.25) is 0 Å². The highest BCUT2D eigenvalue weighted by Gasteiger charge is 2.53. The van der Waals surface area contributed by atoms with Crippen molar-refractivity contribution in [2.24, 2.45) is 35.5 Å². The lowest BCUT2D eigenvalue weighted by atomic mass is 9.78. The number of allylic oxidation sites excluding steroid dienone is 5. The summed E-state index contributed by atoms with van der Waals surface area (Å²) >= 11 is 0. The first kappa shape index (κ1) is 63.3. The topological polar surface area (TPSA) is 226 Å². The Morgan fingerprint density at radius 1 is 0.797 bits per heavy atom. The standard InChI is InChI=1S/C57H93NO16/c1-36-16-12-11-13-17-37(2)48(72-29-28-70-27-26-67-8)34-44-21-19-42(7)57(66,74-44)54(63)55(64)58-23-15-14-18-45(58)56(65)73-49(39(4)32-43-20-22-47(71-25-24-59)50(33-43)68-9)35-46(60)38(3)31-41(6)52(62)53(69-10)51(61)40(5)30-36/h11-13,16-17,31,36,38-40,42-50,52-53,59-60,62,66H,14-15,18-30,32-35H2,1-10H3/b13-11+,16-12+,37-17+,41-31+/t36-,38-,39-,40-,42-,43+,44+,45+,46?,47-,48-,49+,50-,52-,53+,57-/m1/s1. The molecule has 0 spiro atoms. The summed E-state index contributed by atoms with van der Waals surface area (Å²) in [5.41, 5.74) is 1.29. The van der Waals surface area contributed by atoms with Crippen LogP contribution in [0.3, 0.4) is 0 Å². The Morgan fingerprint density at radius 2 is 1.54 bits per heavy atom. The van der Waals surface area contributed by atoms with Gasteiger partial charge in [0.2, 0.25) is 5.79 Å². The summed E-state index contributed by atoms with van der Waals surface area (Å²) in [5.74, 6) is -7.48. The molecule has 1 saturated carbocycles. The van der Waals surface area contributed by atoms with Crippen LogP contribution in [0.1, 0.15) is 126 Å². The van der Waals surface area contributed by atoms with Crippen molar-refractivity contribution in [3.63, 3.8) is 0 Å². The van der Waals surface area contributed by atoms with Gasteiger partial charge in [-0.05, 0) is 107 Å². The highest BCUT2D eigenvalue weighted by Crippen LogP contribution is 2.38. The molecule has 4 N–H and O–H groups in total. The molecule has 1 amide bonds. The van der Waals surface area contributed by atoms with Gasteiger partial charge in [0.25, 0.3) is 11.7 Å². The number of methoxy groups -OCH3 is 3. The van der Waals surface area contributed by atoms with E-state index in [1.807, 2.05) is 58.1 Å². The Kier molecular flexibility index (Phi) is 27.3. The minimum Gasteiger partial charge on any atom is -0.460 e. The molecule has 3 fully saturated rings. The van der Waals surface area contributed by atoms with Crippen molar-refractivity contribution in [2.75, 3.05) is 67.5 Å². The number of ether oxygens (including phenoxy) is 8. The Labute approximate surface area is 441 Å². The monoisotopic (exact) mass is 1050 g/mol. The van der Waals surface area contributed by atoms with E-state index in [0.717, 1.165) is 12.0 Å². The number of cyclic esters (lactones) is 1. The second-order valence-electron chi connectivity index (χ2n) is 21.6. The number of ketones is 2. The number of hydrogen-bond acceptors (Lipinski definition) is 16. The molecule has 3 aliphatic heterocycles. The molecule has 0 radical (unpaired) electrons. The fourth-order valence-electron chi connectivity index (χ4n) is 11.0. The zero-order chi connectivity index (χ0) is 54.5. The molecule has 0 aromatic rings. The van der Waals surface area contributed by atoms with E-state index in [1.165, 1.54) is 12.0 Å². The first-order valence-corrected chi connectivity index (χ1v) is 27.3. The van der Waals surface area contributed by atoms with Gasteiger partial charge >= 0.3 is 5.97 Å². The van der Waals surface area contributed by atoms with Crippen molar-refractivity contribution >= 4 is 23.4 Å². The van der Waals surface area contributed by atoms with E-state index in [9.17, 15) is 39.6 Å². The van der Waals surface area contributed by atoms with E-state index in [2.05, 4.69) is 0 Å². The molecule has 74 heavy (non-hydrogen) atoms. The molecule has 2 saturated heterocycles. The number of aliphatic hydroxyl groups is 4. The van der Waals surface area contributed by atoms with E-state index in [1.54, 1.807) is 41.1 Å². The third kappa shape index (κ3) is 18.5. The largest absolute Gasteiger partial charge is 0.460 e. The number of amides is 1. The van der Waals surface area contributed by atoms with Gasteiger partial charge in [0.05, 0.1) is 70.2 Å². The average Bonchev–Trinajstić information content (AvgIpc) is 3.38. The van der Waals surface area contributed by atoms with Crippen molar-refractivity contribution in [1.82, 2.24) is 4.90 Å². The van der Waals surface area contributed by atoms with E-state index >= 15 is 0 Å². The summed E-state index contributed by atoms with van der Waals surface area (Å²) in [6, 6.07) is -1.14. The zero-order valence-corrected chi connectivity index (χ0v) is 46.2. The fraction of sp³-hybridized carbons (Fsp3) is 0.789. The summed E-state index contributed by atoms with van der Waals surface area (Å²) in [7, 11) is 4.63. The summed E-state index contributed by atoms with van der Waals surface area (Å²) in [6.07, 6.45) is 11.2. The number of aliphatic hydroxyl groups excluding tert-OH is 3. The predicted octanol–water partition coefficient (Wildman–Crippen LogP) is 6.02. The van der Waals surface area contributed by atoms with E-state index in [4.69, 9.17) is 37.9 Å². The minimum atomic E-state index is -2.47. The van der Waals surface area contributed by atoms with Gasteiger partial charge in [-0.2, -0.15) is 0 Å². The molecule has 0 aromatic carbocycles. The van der Waals surface area contributed by atoms with Crippen LogP contribution in [-0.2, 0) is 57.1 Å². The Hall–Kier alpha value is -3.20. The minimum absolute atomic E-state index is 0.00190. The molecule has 422 valence electrons. The van der Waals surface area contributed by atoms with Crippen LogP contribution >= 0.6 is 0 Å². The number of piperidine rings is 1. The predicted molar refractivity (Wildman–Crippen MR) is 279 cm³/mol. The van der Waals surface area contributed by atoms with Gasteiger partial charge in [-0.15, -0.1) is 0 Å². The number of hydrogen-bond donors (Lipinski definition) is 4. The smallest absolute Gasteiger partial charge is 0.329 e. The van der Waals surface area contributed by atoms with Crippen LogP contribution in [0.25, 0.3) is 0 Å². The first-order chi connectivity index (χ1) is 35.3. The molecule has 2 bridgehead atoms. The van der Waals surface area contributed by atoms with E-state index in [-0.39, 0.29) is 81.4 Å². The molecule has 0 aromatic heterocycles. The Balaban J connectivity index is 1.70.